The molecule has 2 aromatic rings. The molecule has 26 heavy (non-hydrogen) atoms. The lowest BCUT2D eigenvalue weighted by Crippen LogP contribution is -2.36. The van der Waals surface area contributed by atoms with Gasteiger partial charge in [-0.05, 0) is 30.5 Å². The zero-order valence-electron chi connectivity index (χ0n) is 13.7. The van der Waals surface area contributed by atoms with Gasteiger partial charge in [-0.1, -0.05) is 47.5 Å². The van der Waals surface area contributed by atoms with Gasteiger partial charge in [0.25, 0.3) is 5.91 Å². The molecule has 0 spiro atoms. The molecule has 1 atom stereocenters. The first-order valence-electron chi connectivity index (χ1n) is 8.19. The Morgan fingerprint density at radius 2 is 1.73 bits per heavy atom. The first kappa shape index (κ1) is 17.5. The van der Waals surface area contributed by atoms with E-state index in [1.807, 2.05) is 12.1 Å². The molecule has 1 saturated carbocycles. The van der Waals surface area contributed by atoms with Crippen molar-refractivity contribution >= 4 is 40.6 Å². The number of halogens is 2. The van der Waals surface area contributed by atoms with E-state index in [2.05, 4.69) is 5.32 Å². The summed E-state index contributed by atoms with van der Waals surface area (Å²) >= 11 is 12.2. The van der Waals surface area contributed by atoms with Crippen molar-refractivity contribution in [2.45, 2.75) is 30.4 Å². The Morgan fingerprint density at radius 1 is 1.12 bits per heavy atom. The molecule has 134 valence electrons. The average molecular weight is 391 g/mol. The Balaban J connectivity index is 1.64. The van der Waals surface area contributed by atoms with Gasteiger partial charge >= 0.3 is 0 Å². The van der Waals surface area contributed by atoms with Gasteiger partial charge in [-0.2, -0.15) is 0 Å². The Bertz CT molecular complexity index is 939. The van der Waals surface area contributed by atoms with Gasteiger partial charge in [-0.3, -0.25) is 9.59 Å². The number of benzene rings is 2. The third kappa shape index (κ3) is 2.63. The number of Topliss-reactive ketones (excluding diaryl/α,β-unsaturated/α-hetero) is 1. The summed E-state index contributed by atoms with van der Waals surface area (Å²) in [7, 11) is 0. The molecule has 7 heteroatoms. The highest BCUT2D eigenvalue weighted by molar-refractivity contribution is 6.38. The number of anilines is 1. The van der Waals surface area contributed by atoms with Gasteiger partial charge in [0.15, 0.2) is 11.4 Å². The SMILES string of the molecule is NC1(c2ccc(C(=O)CC3(O)C(=O)Nc4c(Cl)ccc(Cl)c43)cc2)CC1. The highest BCUT2D eigenvalue weighted by atomic mass is 35.5. The minimum atomic E-state index is -2.06. The number of rotatable bonds is 4. The molecule has 0 saturated heterocycles. The summed E-state index contributed by atoms with van der Waals surface area (Å²) in [5.41, 5.74) is 5.56. The summed E-state index contributed by atoms with van der Waals surface area (Å²) in [6, 6.07) is 9.98. The average Bonchev–Trinajstić information content (AvgIpc) is 3.30. The third-order valence-electron chi connectivity index (χ3n) is 5.12. The molecule has 1 fully saturated rings. The van der Waals surface area contributed by atoms with Gasteiger partial charge in [0.1, 0.15) is 0 Å². The van der Waals surface area contributed by atoms with Gasteiger partial charge in [-0.25, -0.2) is 0 Å². The maximum atomic E-state index is 12.7. The Hall–Kier alpha value is -1.92. The van der Waals surface area contributed by atoms with Crippen LogP contribution >= 0.6 is 23.2 Å². The second-order valence-corrected chi connectivity index (χ2v) is 7.74. The van der Waals surface area contributed by atoms with Crippen LogP contribution in [0.5, 0.6) is 0 Å². The molecule has 1 heterocycles. The molecule has 2 aromatic carbocycles. The number of ketones is 1. The molecule has 4 N–H and O–H groups in total. The molecule has 1 aliphatic heterocycles. The van der Waals surface area contributed by atoms with Crippen LogP contribution in [0.4, 0.5) is 5.69 Å². The van der Waals surface area contributed by atoms with Crippen molar-refractivity contribution in [1.29, 1.82) is 0 Å². The van der Waals surface area contributed by atoms with Crippen molar-refractivity contribution < 1.29 is 14.7 Å². The minimum Gasteiger partial charge on any atom is -0.375 e. The second-order valence-electron chi connectivity index (χ2n) is 6.93. The largest absolute Gasteiger partial charge is 0.375 e. The van der Waals surface area contributed by atoms with Gasteiger partial charge in [0.05, 0.1) is 17.1 Å². The van der Waals surface area contributed by atoms with Crippen molar-refractivity contribution in [3.63, 3.8) is 0 Å². The fraction of sp³-hybridized carbons (Fsp3) is 0.263. The topological polar surface area (TPSA) is 92.4 Å². The maximum absolute atomic E-state index is 12.7. The Labute approximate surface area is 160 Å². The number of hydrogen-bond acceptors (Lipinski definition) is 4. The van der Waals surface area contributed by atoms with E-state index in [4.69, 9.17) is 28.9 Å². The highest BCUT2D eigenvalue weighted by Crippen LogP contribution is 2.46. The molecule has 1 unspecified atom stereocenters. The summed E-state index contributed by atoms with van der Waals surface area (Å²) in [5, 5.41) is 13.9. The fourth-order valence-corrected chi connectivity index (χ4v) is 3.84. The summed E-state index contributed by atoms with van der Waals surface area (Å²) in [6.07, 6.45) is 1.42. The van der Waals surface area contributed by atoms with Gasteiger partial charge in [-0.15, -0.1) is 0 Å². The molecule has 5 nitrogen and oxygen atoms in total. The summed E-state index contributed by atoms with van der Waals surface area (Å²) in [6.45, 7) is 0. The van der Waals surface area contributed by atoms with Crippen LogP contribution in [-0.2, 0) is 15.9 Å². The maximum Gasteiger partial charge on any atom is 0.261 e. The van der Waals surface area contributed by atoms with Crippen LogP contribution in [-0.4, -0.2) is 16.8 Å². The van der Waals surface area contributed by atoms with Crippen molar-refractivity contribution in [2.24, 2.45) is 5.73 Å². The lowest BCUT2D eigenvalue weighted by atomic mass is 9.87. The second kappa shape index (κ2) is 5.79. The predicted octanol–water partition coefficient (Wildman–Crippen LogP) is 3.35. The Kier molecular flexibility index (Phi) is 3.90. The van der Waals surface area contributed by atoms with E-state index in [-0.39, 0.29) is 32.6 Å². The van der Waals surface area contributed by atoms with E-state index in [9.17, 15) is 14.7 Å². The van der Waals surface area contributed by atoms with Crippen molar-refractivity contribution in [2.75, 3.05) is 5.32 Å². The molecule has 2 aliphatic rings. The highest BCUT2D eigenvalue weighted by Gasteiger charge is 2.49. The van der Waals surface area contributed by atoms with E-state index in [1.165, 1.54) is 12.1 Å². The number of nitrogens with one attached hydrogen (secondary N) is 1. The van der Waals surface area contributed by atoms with Crippen LogP contribution in [0.1, 0.15) is 40.7 Å². The first-order chi connectivity index (χ1) is 12.2. The molecule has 0 radical (unpaired) electrons. The monoisotopic (exact) mass is 390 g/mol. The van der Waals surface area contributed by atoms with E-state index in [0.717, 1.165) is 18.4 Å². The van der Waals surface area contributed by atoms with E-state index >= 15 is 0 Å². The predicted molar refractivity (Wildman–Crippen MR) is 99.5 cm³/mol. The van der Waals surface area contributed by atoms with Crippen molar-refractivity contribution in [3.8, 4) is 0 Å². The number of aliphatic hydroxyl groups is 1. The summed E-state index contributed by atoms with van der Waals surface area (Å²) in [4.78, 5) is 25.1. The van der Waals surface area contributed by atoms with Gasteiger partial charge in [0.2, 0.25) is 0 Å². The van der Waals surface area contributed by atoms with Crippen LogP contribution in [0.15, 0.2) is 36.4 Å². The van der Waals surface area contributed by atoms with Crippen LogP contribution in [0.3, 0.4) is 0 Å². The number of carbonyl (C=O) groups is 2. The van der Waals surface area contributed by atoms with E-state index < -0.39 is 17.9 Å². The molecular formula is C19H16Cl2N2O3. The lowest BCUT2D eigenvalue weighted by molar-refractivity contribution is -0.133. The summed E-state index contributed by atoms with van der Waals surface area (Å²) in [5.74, 6) is -1.09. The minimum absolute atomic E-state index is 0.139. The van der Waals surface area contributed by atoms with Gasteiger partial charge < -0.3 is 16.2 Å². The standard InChI is InChI=1S/C19H16Cl2N2O3/c20-12-5-6-13(21)16-15(12)19(26,17(25)23-16)9-14(24)10-1-3-11(4-2-10)18(22)7-8-18/h1-6,26H,7-9,22H2,(H,23,25). The number of nitrogens with two attached hydrogens (primary N) is 1. The molecular weight excluding hydrogens is 375 g/mol. The van der Waals surface area contributed by atoms with Crippen LogP contribution < -0.4 is 11.1 Å². The number of carbonyl (C=O) groups excluding carboxylic acids is 2. The molecule has 1 amide bonds. The van der Waals surface area contributed by atoms with Crippen molar-refractivity contribution in [1.82, 2.24) is 0 Å². The number of hydrogen-bond donors (Lipinski definition) is 3. The molecule has 4 rings (SSSR count). The van der Waals surface area contributed by atoms with Gasteiger partial charge in [0, 0.05) is 21.7 Å². The first-order valence-corrected chi connectivity index (χ1v) is 8.95. The lowest BCUT2D eigenvalue weighted by Gasteiger charge is -2.21. The van der Waals surface area contributed by atoms with E-state index in [1.54, 1.807) is 12.1 Å². The molecule has 0 aromatic heterocycles. The fourth-order valence-electron chi connectivity index (χ4n) is 3.32. The third-order valence-corrected chi connectivity index (χ3v) is 5.75. The smallest absolute Gasteiger partial charge is 0.261 e. The molecule has 0 bridgehead atoms. The van der Waals surface area contributed by atoms with Crippen LogP contribution in [0.25, 0.3) is 0 Å². The van der Waals surface area contributed by atoms with Crippen LogP contribution in [0.2, 0.25) is 10.0 Å². The van der Waals surface area contributed by atoms with Crippen molar-refractivity contribution in [3.05, 3.63) is 63.1 Å². The quantitative estimate of drug-likeness (QED) is 0.697. The zero-order valence-corrected chi connectivity index (χ0v) is 15.2. The van der Waals surface area contributed by atoms with Crippen LogP contribution in [0, 0.1) is 0 Å². The normalized spacial score (nSPS) is 22.7. The summed E-state index contributed by atoms with van der Waals surface area (Å²) < 4.78 is 0. The van der Waals surface area contributed by atoms with E-state index in [0.29, 0.717) is 5.56 Å². The number of amides is 1. The zero-order chi connectivity index (χ0) is 18.7. The Morgan fingerprint density at radius 3 is 2.35 bits per heavy atom. The molecule has 1 aliphatic carbocycles. The number of fused-ring (bicyclic) bond motifs is 1.